The molecule has 3 heteroatoms. The van der Waals surface area contributed by atoms with E-state index in [2.05, 4.69) is 52.0 Å². The molecule has 0 aromatic heterocycles. The Hall–Kier alpha value is -0.380. The summed E-state index contributed by atoms with van der Waals surface area (Å²) >= 11 is 3.49. The highest BCUT2D eigenvalue weighted by Crippen LogP contribution is 2.36. The van der Waals surface area contributed by atoms with E-state index in [0.717, 1.165) is 11.0 Å². The molecular formula is C14H21BrN2. The minimum atomic E-state index is 0.521. The summed E-state index contributed by atoms with van der Waals surface area (Å²) < 4.78 is 1.14. The van der Waals surface area contributed by atoms with Gasteiger partial charge in [-0.3, -0.25) is 4.90 Å². The molecule has 0 aliphatic carbocycles. The third-order valence-corrected chi connectivity index (χ3v) is 4.18. The summed E-state index contributed by atoms with van der Waals surface area (Å²) in [6.07, 6.45) is 2.45. The quantitative estimate of drug-likeness (QED) is 0.925. The summed E-state index contributed by atoms with van der Waals surface area (Å²) in [5.74, 6) is 0.614. The second kappa shape index (κ2) is 5.98. The van der Waals surface area contributed by atoms with Gasteiger partial charge in [0.25, 0.3) is 0 Å². The van der Waals surface area contributed by atoms with Crippen molar-refractivity contribution < 1.29 is 0 Å². The van der Waals surface area contributed by atoms with Crippen LogP contribution in [-0.2, 0) is 0 Å². The van der Waals surface area contributed by atoms with Crippen molar-refractivity contribution in [2.75, 3.05) is 19.6 Å². The van der Waals surface area contributed by atoms with Crippen LogP contribution in [0.5, 0.6) is 0 Å². The molecular weight excluding hydrogens is 276 g/mol. The number of nitrogens with two attached hydrogens (primary N) is 1. The molecule has 0 spiro atoms. The van der Waals surface area contributed by atoms with Crippen molar-refractivity contribution in [3.63, 3.8) is 0 Å². The summed E-state index contributed by atoms with van der Waals surface area (Å²) in [5.41, 5.74) is 7.33. The van der Waals surface area contributed by atoms with Crippen molar-refractivity contribution in [1.82, 2.24) is 4.90 Å². The Morgan fingerprint density at radius 1 is 1.35 bits per heavy atom. The summed E-state index contributed by atoms with van der Waals surface area (Å²) in [4.78, 5) is 2.58. The average molecular weight is 297 g/mol. The zero-order chi connectivity index (χ0) is 12.3. The molecule has 1 aromatic rings. The maximum atomic E-state index is 5.91. The van der Waals surface area contributed by atoms with Crippen LogP contribution in [-0.4, -0.2) is 24.5 Å². The van der Waals surface area contributed by atoms with Gasteiger partial charge in [0.2, 0.25) is 0 Å². The van der Waals surface area contributed by atoms with E-state index in [4.69, 9.17) is 5.73 Å². The predicted molar refractivity (Wildman–Crippen MR) is 75.9 cm³/mol. The van der Waals surface area contributed by atoms with Crippen molar-refractivity contribution in [3.05, 3.63) is 34.3 Å². The Kier molecular flexibility index (Phi) is 4.60. The van der Waals surface area contributed by atoms with Gasteiger partial charge in [-0.2, -0.15) is 0 Å². The van der Waals surface area contributed by atoms with E-state index < -0.39 is 0 Å². The van der Waals surface area contributed by atoms with Gasteiger partial charge in [0.15, 0.2) is 0 Å². The van der Waals surface area contributed by atoms with E-state index in [1.807, 2.05) is 0 Å². The summed E-state index contributed by atoms with van der Waals surface area (Å²) in [6, 6.07) is 9.24. The third kappa shape index (κ3) is 2.90. The van der Waals surface area contributed by atoms with E-state index in [-0.39, 0.29) is 0 Å². The van der Waals surface area contributed by atoms with E-state index in [0.29, 0.717) is 12.0 Å². The maximum Gasteiger partial charge on any atom is 0.0388 e. The second-order valence-corrected chi connectivity index (χ2v) is 5.73. The Morgan fingerprint density at radius 3 is 2.65 bits per heavy atom. The van der Waals surface area contributed by atoms with E-state index >= 15 is 0 Å². The van der Waals surface area contributed by atoms with Crippen LogP contribution < -0.4 is 5.73 Å². The molecule has 0 bridgehead atoms. The molecule has 0 saturated carbocycles. The van der Waals surface area contributed by atoms with E-state index in [9.17, 15) is 0 Å². The zero-order valence-corrected chi connectivity index (χ0v) is 12.0. The first-order chi connectivity index (χ1) is 8.26. The van der Waals surface area contributed by atoms with Crippen LogP contribution >= 0.6 is 15.9 Å². The van der Waals surface area contributed by atoms with Crippen molar-refractivity contribution in [2.45, 2.75) is 25.8 Å². The molecule has 1 heterocycles. The number of hydrogen-bond donors (Lipinski definition) is 1. The second-order valence-electron chi connectivity index (χ2n) is 4.82. The van der Waals surface area contributed by atoms with Crippen molar-refractivity contribution >= 4 is 15.9 Å². The predicted octanol–water partition coefficient (Wildman–Crippen LogP) is 3.18. The highest BCUT2D eigenvalue weighted by Gasteiger charge is 2.33. The van der Waals surface area contributed by atoms with Gasteiger partial charge in [-0.25, -0.2) is 0 Å². The summed E-state index contributed by atoms with van der Waals surface area (Å²) in [6.45, 7) is 5.41. The van der Waals surface area contributed by atoms with Crippen molar-refractivity contribution in [1.29, 1.82) is 0 Å². The molecule has 1 saturated heterocycles. The van der Waals surface area contributed by atoms with Crippen LogP contribution in [0.1, 0.15) is 31.4 Å². The molecule has 1 aliphatic heterocycles. The largest absolute Gasteiger partial charge is 0.330 e. The van der Waals surface area contributed by atoms with Gasteiger partial charge in [0.05, 0.1) is 0 Å². The first-order valence-electron chi connectivity index (χ1n) is 6.45. The lowest BCUT2D eigenvalue weighted by Crippen LogP contribution is -2.28. The first kappa shape index (κ1) is 13.1. The molecule has 2 rings (SSSR count). The summed E-state index contributed by atoms with van der Waals surface area (Å²) in [7, 11) is 0. The van der Waals surface area contributed by atoms with Gasteiger partial charge >= 0.3 is 0 Å². The van der Waals surface area contributed by atoms with Crippen LogP contribution in [0.15, 0.2) is 28.7 Å². The van der Waals surface area contributed by atoms with Gasteiger partial charge in [-0.1, -0.05) is 35.0 Å². The number of nitrogens with zero attached hydrogens (tertiary/aromatic N) is 1. The van der Waals surface area contributed by atoms with Crippen LogP contribution in [0.2, 0.25) is 0 Å². The number of likely N-dealkylation sites (tertiary alicyclic amines) is 1. The highest BCUT2D eigenvalue weighted by molar-refractivity contribution is 9.10. The fourth-order valence-electron chi connectivity index (χ4n) is 2.85. The van der Waals surface area contributed by atoms with Crippen LogP contribution in [0.25, 0.3) is 0 Å². The number of benzene rings is 1. The Labute approximate surface area is 112 Å². The number of rotatable bonds is 4. The normalized spacial score (nSPS) is 25.4. The van der Waals surface area contributed by atoms with Crippen molar-refractivity contribution in [2.24, 2.45) is 11.7 Å². The standard InChI is InChI=1S/C14H21BrN2/c1-2-8-17-9-7-12(10-16)14(17)11-3-5-13(15)6-4-11/h3-6,12,14H,2,7-10,16H2,1H3. The zero-order valence-electron chi connectivity index (χ0n) is 10.4. The molecule has 2 atom stereocenters. The van der Waals surface area contributed by atoms with Crippen molar-refractivity contribution in [3.8, 4) is 0 Å². The highest BCUT2D eigenvalue weighted by atomic mass is 79.9. The van der Waals surface area contributed by atoms with Gasteiger partial charge < -0.3 is 5.73 Å². The molecule has 2 unspecified atom stereocenters. The third-order valence-electron chi connectivity index (χ3n) is 3.65. The molecule has 1 aliphatic rings. The molecule has 2 N–H and O–H groups in total. The van der Waals surface area contributed by atoms with Gasteiger partial charge in [-0.15, -0.1) is 0 Å². The van der Waals surface area contributed by atoms with Gasteiger partial charge in [-0.05, 0) is 56.1 Å². The molecule has 94 valence electrons. The Bertz CT molecular complexity index is 350. The maximum absolute atomic E-state index is 5.91. The van der Waals surface area contributed by atoms with Gasteiger partial charge in [0, 0.05) is 10.5 Å². The lowest BCUT2D eigenvalue weighted by molar-refractivity contribution is 0.230. The molecule has 2 nitrogen and oxygen atoms in total. The molecule has 0 amide bonds. The topological polar surface area (TPSA) is 29.3 Å². The Balaban J connectivity index is 2.21. The Morgan fingerprint density at radius 2 is 2.06 bits per heavy atom. The fourth-order valence-corrected chi connectivity index (χ4v) is 3.12. The number of hydrogen-bond acceptors (Lipinski definition) is 2. The molecule has 17 heavy (non-hydrogen) atoms. The molecule has 1 aromatic carbocycles. The number of halogens is 1. The summed E-state index contributed by atoms with van der Waals surface area (Å²) in [5, 5.41) is 0. The van der Waals surface area contributed by atoms with Gasteiger partial charge in [0.1, 0.15) is 0 Å². The smallest absolute Gasteiger partial charge is 0.0388 e. The average Bonchev–Trinajstić information content (AvgIpc) is 2.74. The SMILES string of the molecule is CCCN1CCC(CN)C1c1ccc(Br)cc1. The lowest BCUT2D eigenvalue weighted by atomic mass is 9.94. The van der Waals surface area contributed by atoms with E-state index in [1.54, 1.807) is 0 Å². The van der Waals surface area contributed by atoms with Crippen LogP contribution in [0.3, 0.4) is 0 Å². The minimum Gasteiger partial charge on any atom is -0.330 e. The molecule has 0 radical (unpaired) electrons. The molecule has 1 fully saturated rings. The van der Waals surface area contributed by atoms with Crippen LogP contribution in [0, 0.1) is 5.92 Å². The van der Waals surface area contributed by atoms with Crippen LogP contribution in [0.4, 0.5) is 0 Å². The fraction of sp³-hybridized carbons (Fsp3) is 0.571. The lowest BCUT2D eigenvalue weighted by Gasteiger charge is -2.28. The first-order valence-corrected chi connectivity index (χ1v) is 7.25. The monoisotopic (exact) mass is 296 g/mol. The van der Waals surface area contributed by atoms with E-state index in [1.165, 1.54) is 31.5 Å². The minimum absolute atomic E-state index is 0.521.